The van der Waals surface area contributed by atoms with Crippen molar-refractivity contribution in [3.05, 3.63) is 58.1 Å². The number of hydrogen-bond acceptors (Lipinski definition) is 3. The van der Waals surface area contributed by atoms with Crippen LogP contribution in [0.2, 0.25) is 0 Å². The molecular formula is C15H13BrN2O. The molecular weight excluding hydrogens is 304 g/mol. The lowest BCUT2D eigenvalue weighted by Crippen LogP contribution is -1.96. The van der Waals surface area contributed by atoms with E-state index in [4.69, 9.17) is 4.74 Å². The fourth-order valence-electron chi connectivity index (χ4n) is 1.80. The zero-order valence-electron chi connectivity index (χ0n) is 10.5. The third kappa shape index (κ3) is 3.34. The Morgan fingerprint density at radius 1 is 1.26 bits per heavy atom. The summed E-state index contributed by atoms with van der Waals surface area (Å²) >= 11 is 3.38. The fraction of sp³-hybridized carbons (Fsp3) is 0.133. The van der Waals surface area contributed by atoms with Crippen LogP contribution < -0.4 is 5.32 Å². The number of methoxy groups -OCH3 is 1. The van der Waals surface area contributed by atoms with E-state index >= 15 is 0 Å². The number of rotatable bonds is 4. The summed E-state index contributed by atoms with van der Waals surface area (Å²) in [5.41, 5.74) is 3.40. The van der Waals surface area contributed by atoms with Crippen molar-refractivity contribution in [1.82, 2.24) is 0 Å². The second-order valence-corrected chi connectivity index (χ2v) is 4.89. The monoisotopic (exact) mass is 316 g/mol. The minimum absolute atomic E-state index is 0.569. The molecule has 4 heteroatoms. The largest absolute Gasteiger partial charge is 0.380 e. The first-order chi connectivity index (χ1) is 9.24. The molecule has 0 aromatic heterocycles. The zero-order chi connectivity index (χ0) is 13.7. The van der Waals surface area contributed by atoms with Gasteiger partial charge in [0.05, 0.1) is 17.9 Å². The molecule has 0 atom stereocenters. The van der Waals surface area contributed by atoms with Gasteiger partial charge in [-0.25, -0.2) is 0 Å². The van der Waals surface area contributed by atoms with Gasteiger partial charge in [-0.2, -0.15) is 5.26 Å². The number of nitrogens with one attached hydrogen (secondary N) is 1. The second-order valence-electron chi connectivity index (χ2n) is 4.03. The summed E-state index contributed by atoms with van der Waals surface area (Å²) in [5, 5.41) is 12.4. The minimum atomic E-state index is 0.569. The standard InChI is InChI=1S/C15H13BrN2O/c1-19-10-11-4-2-5-12(8-11)18-15-7-3-6-14(16)13(15)9-17/h2-8,18H,10H2,1H3. The molecule has 0 aliphatic rings. The van der Waals surface area contributed by atoms with Crippen LogP contribution in [0.4, 0.5) is 11.4 Å². The van der Waals surface area contributed by atoms with E-state index in [1.54, 1.807) is 7.11 Å². The maximum absolute atomic E-state index is 9.18. The number of hydrogen-bond donors (Lipinski definition) is 1. The average Bonchev–Trinajstić information content (AvgIpc) is 2.40. The molecule has 2 rings (SSSR count). The van der Waals surface area contributed by atoms with Gasteiger partial charge in [0.25, 0.3) is 0 Å². The van der Waals surface area contributed by atoms with E-state index in [1.807, 2.05) is 42.5 Å². The SMILES string of the molecule is COCc1cccc(Nc2cccc(Br)c2C#N)c1. The number of ether oxygens (including phenoxy) is 1. The Hall–Kier alpha value is -1.83. The van der Waals surface area contributed by atoms with Gasteiger partial charge in [0.15, 0.2) is 0 Å². The Morgan fingerprint density at radius 2 is 2.05 bits per heavy atom. The predicted molar refractivity (Wildman–Crippen MR) is 79.3 cm³/mol. The summed E-state index contributed by atoms with van der Waals surface area (Å²) in [4.78, 5) is 0. The van der Waals surface area contributed by atoms with Crippen LogP contribution in [0, 0.1) is 11.3 Å². The van der Waals surface area contributed by atoms with Crippen LogP contribution in [-0.2, 0) is 11.3 Å². The van der Waals surface area contributed by atoms with Gasteiger partial charge in [0, 0.05) is 17.3 Å². The molecule has 19 heavy (non-hydrogen) atoms. The third-order valence-corrected chi connectivity index (χ3v) is 3.30. The molecule has 0 radical (unpaired) electrons. The highest BCUT2D eigenvalue weighted by Crippen LogP contribution is 2.27. The van der Waals surface area contributed by atoms with Crippen LogP contribution in [-0.4, -0.2) is 7.11 Å². The molecule has 0 saturated heterocycles. The Balaban J connectivity index is 2.29. The first-order valence-corrected chi connectivity index (χ1v) is 6.57. The maximum Gasteiger partial charge on any atom is 0.103 e. The lowest BCUT2D eigenvalue weighted by atomic mass is 10.1. The molecule has 0 aliphatic carbocycles. The predicted octanol–water partition coefficient (Wildman–Crippen LogP) is 4.21. The lowest BCUT2D eigenvalue weighted by molar-refractivity contribution is 0.185. The topological polar surface area (TPSA) is 45.0 Å². The highest BCUT2D eigenvalue weighted by Gasteiger charge is 2.06. The van der Waals surface area contributed by atoms with E-state index in [9.17, 15) is 5.26 Å². The summed E-state index contributed by atoms with van der Waals surface area (Å²) in [6, 6.07) is 15.7. The van der Waals surface area contributed by atoms with Gasteiger partial charge in [-0.3, -0.25) is 0 Å². The van der Waals surface area contributed by atoms with E-state index in [0.717, 1.165) is 21.4 Å². The summed E-state index contributed by atoms with van der Waals surface area (Å²) in [5.74, 6) is 0. The number of halogens is 1. The Kier molecular flexibility index (Phi) is 4.56. The molecule has 0 bridgehead atoms. The molecule has 0 amide bonds. The van der Waals surface area contributed by atoms with Gasteiger partial charge in [0.2, 0.25) is 0 Å². The van der Waals surface area contributed by atoms with Crippen molar-refractivity contribution in [2.75, 3.05) is 12.4 Å². The van der Waals surface area contributed by atoms with Crippen LogP contribution in [0.1, 0.15) is 11.1 Å². The van der Waals surface area contributed by atoms with Crippen molar-refractivity contribution < 1.29 is 4.74 Å². The van der Waals surface area contributed by atoms with Crippen LogP contribution in [0.3, 0.4) is 0 Å². The van der Waals surface area contributed by atoms with Gasteiger partial charge < -0.3 is 10.1 Å². The summed E-state index contributed by atoms with van der Waals surface area (Å²) < 4.78 is 5.89. The van der Waals surface area contributed by atoms with Gasteiger partial charge in [-0.15, -0.1) is 0 Å². The van der Waals surface area contributed by atoms with E-state index < -0.39 is 0 Å². The van der Waals surface area contributed by atoms with Crippen LogP contribution in [0.25, 0.3) is 0 Å². The van der Waals surface area contributed by atoms with Crippen molar-refractivity contribution >= 4 is 27.3 Å². The maximum atomic E-state index is 9.18. The minimum Gasteiger partial charge on any atom is -0.380 e. The first-order valence-electron chi connectivity index (χ1n) is 5.78. The number of benzene rings is 2. The van der Waals surface area contributed by atoms with Crippen molar-refractivity contribution in [3.8, 4) is 6.07 Å². The lowest BCUT2D eigenvalue weighted by Gasteiger charge is -2.10. The molecule has 96 valence electrons. The fourth-order valence-corrected chi connectivity index (χ4v) is 2.26. The van der Waals surface area contributed by atoms with Gasteiger partial charge in [-0.05, 0) is 45.8 Å². The Labute approximate surface area is 121 Å². The summed E-state index contributed by atoms with van der Waals surface area (Å²) in [6.45, 7) is 0.569. The molecule has 0 heterocycles. The van der Waals surface area contributed by atoms with Crippen LogP contribution >= 0.6 is 15.9 Å². The van der Waals surface area contributed by atoms with Gasteiger partial charge >= 0.3 is 0 Å². The quantitative estimate of drug-likeness (QED) is 0.919. The normalized spacial score (nSPS) is 9.95. The van der Waals surface area contributed by atoms with Crippen molar-refractivity contribution in [3.63, 3.8) is 0 Å². The molecule has 0 aliphatic heterocycles. The summed E-state index contributed by atoms with van der Waals surface area (Å²) in [7, 11) is 1.67. The van der Waals surface area contributed by atoms with Gasteiger partial charge in [0.1, 0.15) is 6.07 Å². The number of nitrogens with zero attached hydrogens (tertiary/aromatic N) is 1. The van der Waals surface area contributed by atoms with Crippen molar-refractivity contribution in [1.29, 1.82) is 5.26 Å². The van der Waals surface area contributed by atoms with E-state index in [-0.39, 0.29) is 0 Å². The number of nitriles is 1. The summed E-state index contributed by atoms with van der Waals surface area (Å²) in [6.07, 6.45) is 0. The Bertz CT molecular complexity index is 620. The van der Waals surface area contributed by atoms with E-state index in [1.165, 1.54) is 0 Å². The Morgan fingerprint density at radius 3 is 2.79 bits per heavy atom. The second kappa shape index (κ2) is 6.37. The molecule has 3 nitrogen and oxygen atoms in total. The van der Waals surface area contributed by atoms with E-state index in [0.29, 0.717) is 12.2 Å². The molecule has 0 saturated carbocycles. The van der Waals surface area contributed by atoms with Crippen molar-refractivity contribution in [2.24, 2.45) is 0 Å². The molecule has 0 unspecified atom stereocenters. The van der Waals surface area contributed by atoms with Crippen LogP contribution in [0.15, 0.2) is 46.9 Å². The molecule has 2 aromatic carbocycles. The van der Waals surface area contributed by atoms with Gasteiger partial charge in [-0.1, -0.05) is 18.2 Å². The number of anilines is 2. The molecule has 0 fully saturated rings. The third-order valence-electron chi connectivity index (χ3n) is 2.64. The molecule has 0 spiro atoms. The molecule has 1 N–H and O–H groups in total. The first kappa shape index (κ1) is 13.6. The highest BCUT2D eigenvalue weighted by molar-refractivity contribution is 9.10. The zero-order valence-corrected chi connectivity index (χ0v) is 12.1. The smallest absolute Gasteiger partial charge is 0.103 e. The highest BCUT2D eigenvalue weighted by atomic mass is 79.9. The van der Waals surface area contributed by atoms with Crippen molar-refractivity contribution in [2.45, 2.75) is 6.61 Å². The van der Waals surface area contributed by atoms with E-state index in [2.05, 4.69) is 27.3 Å². The average molecular weight is 317 g/mol. The van der Waals surface area contributed by atoms with Crippen LogP contribution in [0.5, 0.6) is 0 Å². The molecule has 2 aromatic rings.